The summed E-state index contributed by atoms with van der Waals surface area (Å²) in [5.74, 6) is 0.744. The van der Waals surface area contributed by atoms with Gasteiger partial charge in [0.2, 0.25) is 0 Å². The minimum absolute atomic E-state index is 0.286. The fraction of sp³-hybridized carbons (Fsp3) is 0.286. The first-order chi connectivity index (χ1) is 9.71. The maximum atomic E-state index is 13.3. The molecule has 0 aliphatic carbocycles. The molecule has 0 aliphatic heterocycles. The van der Waals surface area contributed by atoms with Gasteiger partial charge in [0.15, 0.2) is 0 Å². The van der Waals surface area contributed by atoms with Crippen LogP contribution in [0, 0.1) is 5.82 Å². The standard InChI is InChI=1S/C14H13ClFN3S/c1-2-10-7-17-14(20-10)8-19-12-4-3-9(16)5-11(12)18-13(19)6-15/h3-5,7H,2,6,8H2,1H3. The van der Waals surface area contributed by atoms with Gasteiger partial charge in [-0.2, -0.15) is 0 Å². The first-order valence-corrected chi connectivity index (χ1v) is 7.70. The fourth-order valence-corrected chi connectivity index (χ4v) is 3.21. The van der Waals surface area contributed by atoms with Crippen molar-refractivity contribution in [3.8, 4) is 0 Å². The molecule has 0 spiro atoms. The second-order valence-electron chi connectivity index (χ2n) is 4.45. The SMILES string of the molecule is CCc1cnc(Cn2c(CCl)nc3cc(F)ccc32)s1. The van der Waals surface area contributed by atoms with Gasteiger partial charge < -0.3 is 4.57 Å². The molecule has 0 radical (unpaired) electrons. The Labute approximate surface area is 125 Å². The van der Waals surface area contributed by atoms with Gasteiger partial charge in [0.25, 0.3) is 0 Å². The molecular formula is C14H13ClFN3S. The van der Waals surface area contributed by atoms with Gasteiger partial charge in [-0.25, -0.2) is 14.4 Å². The lowest BCUT2D eigenvalue weighted by Gasteiger charge is -2.05. The average Bonchev–Trinajstić information content (AvgIpc) is 3.03. The van der Waals surface area contributed by atoms with Crippen LogP contribution >= 0.6 is 22.9 Å². The van der Waals surface area contributed by atoms with E-state index in [0.717, 1.165) is 22.8 Å². The quantitative estimate of drug-likeness (QED) is 0.682. The third-order valence-corrected chi connectivity index (χ3v) is 4.52. The van der Waals surface area contributed by atoms with Crippen LogP contribution in [0.25, 0.3) is 11.0 Å². The Balaban J connectivity index is 2.04. The number of nitrogens with zero attached hydrogens (tertiary/aromatic N) is 3. The summed E-state index contributed by atoms with van der Waals surface area (Å²) in [5, 5.41) is 1.01. The highest BCUT2D eigenvalue weighted by atomic mass is 35.5. The molecule has 6 heteroatoms. The zero-order valence-electron chi connectivity index (χ0n) is 10.9. The summed E-state index contributed by atoms with van der Waals surface area (Å²) in [6, 6.07) is 4.61. The molecule has 0 unspecified atom stereocenters. The maximum absolute atomic E-state index is 13.3. The minimum atomic E-state index is -0.286. The molecule has 1 aromatic carbocycles. The van der Waals surface area contributed by atoms with Gasteiger partial charge in [0, 0.05) is 17.1 Å². The summed E-state index contributed by atoms with van der Waals surface area (Å²) in [4.78, 5) is 10.1. The van der Waals surface area contributed by atoms with Crippen molar-refractivity contribution in [2.45, 2.75) is 25.8 Å². The smallest absolute Gasteiger partial charge is 0.125 e. The summed E-state index contributed by atoms with van der Waals surface area (Å²) in [6.45, 7) is 2.73. The lowest BCUT2D eigenvalue weighted by atomic mass is 10.3. The van der Waals surface area contributed by atoms with E-state index in [1.807, 2.05) is 10.8 Å². The molecule has 2 heterocycles. The summed E-state index contributed by atoms with van der Waals surface area (Å²) < 4.78 is 15.3. The summed E-state index contributed by atoms with van der Waals surface area (Å²) >= 11 is 7.63. The predicted octanol–water partition coefficient (Wildman–Crippen LogP) is 3.98. The maximum Gasteiger partial charge on any atom is 0.125 e. The molecule has 0 amide bonds. The number of rotatable bonds is 4. The number of hydrogen-bond donors (Lipinski definition) is 0. The molecule has 20 heavy (non-hydrogen) atoms. The van der Waals surface area contributed by atoms with Crippen LogP contribution in [0.5, 0.6) is 0 Å². The second-order valence-corrected chi connectivity index (χ2v) is 5.92. The number of aromatic nitrogens is 3. The van der Waals surface area contributed by atoms with Gasteiger partial charge in [-0.05, 0) is 18.6 Å². The first kappa shape index (κ1) is 13.5. The van der Waals surface area contributed by atoms with Crippen molar-refractivity contribution in [1.82, 2.24) is 14.5 Å². The monoisotopic (exact) mass is 309 g/mol. The highest BCUT2D eigenvalue weighted by Crippen LogP contribution is 2.22. The van der Waals surface area contributed by atoms with Crippen LogP contribution in [0.15, 0.2) is 24.4 Å². The van der Waals surface area contributed by atoms with Gasteiger partial charge in [-0.1, -0.05) is 6.92 Å². The predicted molar refractivity (Wildman–Crippen MR) is 79.8 cm³/mol. The van der Waals surface area contributed by atoms with Crippen LogP contribution in [0.2, 0.25) is 0 Å². The van der Waals surface area contributed by atoms with E-state index < -0.39 is 0 Å². The van der Waals surface area contributed by atoms with E-state index in [2.05, 4.69) is 16.9 Å². The van der Waals surface area contributed by atoms with E-state index >= 15 is 0 Å². The van der Waals surface area contributed by atoms with E-state index in [1.165, 1.54) is 17.0 Å². The van der Waals surface area contributed by atoms with E-state index in [4.69, 9.17) is 11.6 Å². The summed E-state index contributed by atoms with van der Waals surface area (Å²) in [5.41, 5.74) is 1.52. The molecule has 104 valence electrons. The number of aryl methyl sites for hydroxylation is 1. The molecule has 3 rings (SSSR count). The van der Waals surface area contributed by atoms with Gasteiger partial charge in [-0.15, -0.1) is 22.9 Å². The Morgan fingerprint density at radius 2 is 2.25 bits per heavy atom. The second kappa shape index (κ2) is 5.50. The van der Waals surface area contributed by atoms with Gasteiger partial charge in [0.1, 0.15) is 16.6 Å². The Bertz CT molecular complexity index is 750. The molecule has 0 N–H and O–H groups in total. The molecule has 0 saturated carbocycles. The van der Waals surface area contributed by atoms with Crippen molar-refractivity contribution < 1.29 is 4.39 Å². The molecule has 0 aliphatic rings. The van der Waals surface area contributed by atoms with Crippen molar-refractivity contribution in [3.63, 3.8) is 0 Å². The highest BCUT2D eigenvalue weighted by molar-refractivity contribution is 7.11. The topological polar surface area (TPSA) is 30.7 Å². The number of imidazole rings is 1. The molecule has 2 aromatic heterocycles. The third kappa shape index (κ3) is 2.43. The van der Waals surface area contributed by atoms with Crippen LogP contribution < -0.4 is 0 Å². The number of hydrogen-bond acceptors (Lipinski definition) is 3. The minimum Gasteiger partial charge on any atom is -0.320 e. The van der Waals surface area contributed by atoms with Crippen molar-refractivity contribution in [2.24, 2.45) is 0 Å². The van der Waals surface area contributed by atoms with E-state index in [9.17, 15) is 4.39 Å². The van der Waals surface area contributed by atoms with Crippen LogP contribution in [-0.4, -0.2) is 14.5 Å². The Hall–Kier alpha value is -1.46. The number of alkyl halides is 1. The van der Waals surface area contributed by atoms with Crippen LogP contribution in [0.3, 0.4) is 0 Å². The first-order valence-electron chi connectivity index (χ1n) is 6.35. The van der Waals surface area contributed by atoms with Crippen molar-refractivity contribution in [2.75, 3.05) is 0 Å². The molecule has 0 atom stereocenters. The van der Waals surface area contributed by atoms with Crippen LogP contribution in [0.4, 0.5) is 4.39 Å². The van der Waals surface area contributed by atoms with E-state index in [0.29, 0.717) is 17.9 Å². The lowest BCUT2D eigenvalue weighted by molar-refractivity contribution is 0.629. The zero-order valence-corrected chi connectivity index (χ0v) is 12.5. The fourth-order valence-electron chi connectivity index (χ4n) is 2.15. The molecule has 0 fully saturated rings. The number of halogens is 2. The Kier molecular flexibility index (Phi) is 3.72. The van der Waals surface area contributed by atoms with Crippen LogP contribution in [0.1, 0.15) is 22.6 Å². The highest BCUT2D eigenvalue weighted by Gasteiger charge is 2.12. The van der Waals surface area contributed by atoms with Crippen molar-refractivity contribution >= 4 is 34.0 Å². The number of benzene rings is 1. The van der Waals surface area contributed by atoms with E-state index in [1.54, 1.807) is 17.4 Å². The van der Waals surface area contributed by atoms with Gasteiger partial charge >= 0.3 is 0 Å². The molecule has 3 aromatic rings. The number of thiazole rings is 1. The lowest BCUT2D eigenvalue weighted by Crippen LogP contribution is -2.03. The van der Waals surface area contributed by atoms with Gasteiger partial charge in [0.05, 0.1) is 23.5 Å². The Morgan fingerprint density at radius 3 is 2.95 bits per heavy atom. The summed E-state index contributed by atoms with van der Waals surface area (Å²) in [6.07, 6.45) is 2.88. The average molecular weight is 310 g/mol. The van der Waals surface area contributed by atoms with Crippen molar-refractivity contribution in [3.05, 3.63) is 45.9 Å². The third-order valence-electron chi connectivity index (χ3n) is 3.15. The van der Waals surface area contributed by atoms with Crippen LogP contribution in [-0.2, 0) is 18.8 Å². The molecule has 3 nitrogen and oxygen atoms in total. The largest absolute Gasteiger partial charge is 0.320 e. The van der Waals surface area contributed by atoms with Crippen molar-refractivity contribution in [1.29, 1.82) is 0 Å². The zero-order chi connectivity index (χ0) is 14.1. The normalized spacial score (nSPS) is 11.3. The number of fused-ring (bicyclic) bond motifs is 1. The van der Waals surface area contributed by atoms with E-state index in [-0.39, 0.29) is 5.82 Å². The summed E-state index contributed by atoms with van der Waals surface area (Å²) in [7, 11) is 0. The van der Waals surface area contributed by atoms with Gasteiger partial charge in [-0.3, -0.25) is 0 Å². The Morgan fingerprint density at radius 1 is 1.40 bits per heavy atom. The molecule has 0 bridgehead atoms. The molecule has 0 saturated heterocycles. The molecular weight excluding hydrogens is 297 g/mol.